The van der Waals surface area contributed by atoms with Gasteiger partial charge in [-0.25, -0.2) is 0 Å². The molecule has 2 bridgehead atoms. The smallest absolute Gasteiger partial charge is 0.115 e. The lowest BCUT2D eigenvalue weighted by molar-refractivity contribution is -0.0376. The van der Waals surface area contributed by atoms with Gasteiger partial charge in [0.1, 0.15) is 5.75 Å². The second-order valence-corrected chi connectivity index (χ2v) is 9.44. The van der Waals surface area contributed by atoms with Crippen LogP contribution in [0.15, 0.2) is 30.4 Å². The molecule has 25 heavy (non-hydrogen) atoms. The Hall–Kier alpha value is -1.28. The highest BCUT2D eigenvalue weighted by Crippen LogP contribution is 2.59. The van der Waals surface area contributed by atoms with Gasteiger partial charge in [0.15, 0.2) is 0 Å². The number of phenolic OH excluding ortho intramolecular Hbond substituents is 1. The average molecular weight is 338 g/mol. The first-order chi connectivity index (χ1) is 12.1. The zero-order valence-corrected chi connectivity index (χ0v) is 15.5. The van der Waals surface area contributed by atoms with E-state index in [-0.39, 0.29) is 5.41 Å². The van der Waals surface area contributed by atoms with E-state index in [1.807, 2.05) is 6.07 Å². The second-order valence-electron chi connectivity index (χ2n) is 9.44. The average Bonchev–Trinajstić information content (AvgIpc) is 2.52. The van der Waals surface area contributed by atoms with Crippen molar-refractivity contribution in [3.05, 3.63) is 41.5 Å². The molecule has 1 aliphatic heterocycles. The Labute approximate surface area is 151 Å². The van der Waals surface area contributed by atoms with Gasteiger partial charge in [-0.15, -0.1) is 0 Å². The zero-order valence-electron chi connectivity index (χ0n) is 15.5. The topological polar surface area (TPSA) is 23.5 Å². The van der Waals surface area contributed by atoms with E-state index in [2.05, 4.69) is 30.5 Å². The lowest BCUT2D eigenvalue weighted by Gasteiger charge is -2.62. The standard InChI is InChI=1S/C23H31NO/c1-15-10-16(2)22-21-11-18-6-7-19(25)12-20(18)23(22,13-15)8-9-24(21)14-17-4-3-5-17/h6-7,12,16-17,21-22,25H,1,3-5,8-11,13-14H2,2H3/t16-,21+,22+,23+/m0/s1. The lowest BCUT2D eigenvalue weighted by Crippen LogP contribution is -2.63. The predicted molar refractivity (Wildman–Crippen MR) is 102 cm³/mol. The molecule has 4 atom stereocenters. The molecule has 0 spiro atoms. The fourth-order valence-electron chi connectivity index (χ4n) is 6.83. The first-order valence-corrected chi connectivity index (χ1v) is 10.3. The van der Waals surface area contributed by atoms with Crippen LogP contribution in [0.3, 0.4) is 0 Å². The van der Waals surface area contributed by atoms with E-state index in [1.165, 1.54) is 68.3 Å². The Bertz CT molecular complexity index is 706. The second kappa shape index (κ2) is 5.61. The van der Waals surface area contributed by atoms with Crippen LogP contribution in [-0.4, -0.2) is 29.1 Å². The monoisotopic (exact) mass is 337 g/mol. The van der Waals surface area contributed by atoms with Crippen LogP contribution >= 0.6 is 0 Å². The number of likely N-dealkylation sites (tertiary alicyclic amines) is 1. The number of nitrogens with zero attached hydrogens (tertiary/aromatic N) is 1. The minimum Gasteiger partial charge on any atom is -0.508 e. The Balaban J connectivity index is 1.59. The summed E-state index contributed by atoms with van der Waals surface area (Å²) < 4.78 is 0. The van der Waals surface area contributed by atoms with Crippen LogP contribution in [-0.2, 0) is 11.8 Å². The van der Waals surface area contributed by atoms with Gasteiger partial charge < -0.3 is 5.11 Å². The third-order valence-corrected chi connectivity index (χ3v) is 7.93. The molecule has 1 aromatic carbocycles. The number of allylic oxidation sites excluding steroid dienone is 1. The number of hydrogen-bond donors (Lipinski definition) is 1. The van der Waals surface area contributed by atoms with Crippen molar-refractivity contribution >= 4 is 0 Å². The van der Waals surface area contributed by atoms with Crippen molar-refractivity contribution in [2.24, 2.45) is 17.8 Å². The highest BCUT2D eigenvalue weighted by Gasteiger charge is 2.56. The molecule has 134 valence electrons. The van der Waals surface area contributed by atoms with E-state index in [1.54, 1.807) is 0 Å². The summed E-state index contributed by atoms with van der Waals surface area (Å²) in [6.07, 6.45) is 9.05. The molecule has 3 fully saturated rings. The van der Waals surface area contributed by atoms with Gasteiger partial charge in [0.2, 0.25) is 0 Å². The Morgan fingerprint density at radius 3 is 2.88 bits per heavy atom. The molecular formula is C23H31NO. The molecule has 0 unspecified atom stereocenters. The lowest BCUT2D eigenvalue weighted by atomic mass is 9.49. The summed E-state index contributed by atoms with van der Waals surface area (Å²) in [5.41, 5.74) is 4.58. The van der Waals surface area contributed by atoms with Crippen LogP contribution in [0.2, 0.25) is 0 Å². The van der Waals surface area contributed by atoms with Gasteiger partial charge in [0.05, 0.1) is 0 Å². The van der Waals surface area contributed by atoms with Crippen molar-refractivity contribution in [2.45, 2.75) is 63.3 Å². The Morgan fingerprint density at radius 1 is 1.28 bits per heavy atom. The summed E-state index contributed by atoms with van der Waals surface area (Å²) in [5.74, 6) is 2.81. The van der Waals surface area contributed by atoms with Gasteiger partial charge in [0, 0.05) is 18.0 Å². The van der Waals surface area contributed by atoms with Crippen LogP contribution < -0.4 is 0 Å². The summed E-state index contributed by atoms with van der Waals surface area (Å²) in [4.78, 5) is 2.85. The number of fused-ring (bicyclic) bond motifs is 1. The number of hydrogen-bond acceptors (Lipinski definition) is 2. The molecule has 1 saturated heterocycles. The molecule has 2 nitrogen and oxygen atoms in total. The number of phenols is 1. The maximum Gasteiger partial charge on any atom is 0.115 e. The SMILES string of the molecule is C=C1C[C@H](C)[C@@H]2[C@H]3Cc4ccc(O)cc4[C@@]2(CCN3CC2CCC2)C1. The van der Waals surface area contributed by atoms with Crippen LogP contribution in [0, 0.1) is 17.8 Å². The number of rotatable bonds is 2. The molecule has 0 radical (unpaired) electrons. The van der Waals surface area contributed by atoms with Gasteiger partial charge in [-0.3, -0.25) is 4.90 Å². The van der Waals surface area contributed by atoms with Gasteiger partial charge in [-0.2, -0.15) is 0 Å². The molecule has 4 aliphatic rings. The summed E-state index contributed by atoms with van der Waals surface area (Å²) in [6, 6.07) is 6.87. The third-order valence-electron chi connectivity index (χ3n) is 7.93. The fourth-order valence-corrected chi connectivity index (χ4v) is 6.83. The van der Waals surface area contributed by atoms with Crippen LogP contribution in [0.25, 0.3) is 0 Å². The largest absolute Gasteiger partial charge is 0.508 e. The van der Waals surface area contributed by atoms with Gasteiger partial charge >= 0.3 is 0 Å². The quantitative estimate of drug-likeness (QED) is 0.793. The highest BCUT2D eigenvalue weighted by atomic mass is 16.3. The van der Waals surface area contributed by atoms with Gasteiger partial charge in [0.25, 0.3) is 0 Å². The van der Waals surface area contributed by atoms with Crippen LogP contribution in [0.1, 0.15) is 56.6 Å². The first kappa shape index (κ1) is 15.9. The van der Waals surface area contributed by atoms with Crippen LogP contribution in [0.5, 0.6) is 5.75 Å². The highest BCUT2D eigenvalue weighted by molar-refractivity contribution is 5.46. The molecule has 0 amide bonds. The number of piperidine rings is 1. The van der Waals surface area contributed by atoms with Crippen molar-refractivity contribution < 1.29 is 5.11 Å². The predicted octanol–water partition coefficient (Wildman–Crippen LogP) is 4.66. The maximum absolute atomic E-state index is 10.2. The summed E-state index contributed by atoms with van der Waals surface area (Å²) >= 11 is 0. The molecule has 0 aromatic heterocycles. The van der Waals surface area contributed by atoms with Crippen LogP contribution in [0.4, 0.5) is 0 Å². The van der Waals surface area contributed by atoms with E-state index < -0.39 is 0 Å². The Kier molecular flexibility index (Phi) is 3.57. The molecule has 5 rings (SSSR count). The molecule has 3 aliphatic carbocycles. The molecule has 1 heterocycles. The summed E-state index contributed by atoms with van der Waals surface area (Å²) in [7, 11) is 0. The van der Waals surface area contributed by atoms with E-state index in [0.717, 1.165) is 18.3 Å². The molecule has 1 aromatic rings. The van der Waals surface area contributed by atoms with E-state index >= 15 is 0 Å². The molecule has 1 N–H and O–H groups in total. The molecule has 2 saturated carbocycles. The van der Waals surface area contributed by atoms with Crippen molar-refractivity contribution in [3.63, 3.8) is 0 Å². The van der Waals surface area contributed by atoms with E-state index in [4.69, 9.17) is 0 Å². The normalized spacial score (nSPS) is 38.0. The third kappa shape index (κ3) is 2.33. The molecule has 2 heteroatoms. The minimum absolute atomic E-state index is 0.224. The summed E-state index contributed by atoms with van der Waals surface area (Å²) in [5, 5.41) is 10.2. The van der Waals surface area contributed by atoms with Crippen molar-refractivity contribution in [1.29, 1.82) is 0 Å². The van der Waals surface area contributed by atoms with E-state index in [0.29, 0.717) is 17.7 Å². The van der Waals surface area contributed by atoms with Crippen molar-refractivity contribution in [1.82, 2.24) is 4.90 Å². The van der Waals surface area contributed by atoms with Crippen molar-refractivity contribution in [3.8, 4) is 5.75 Å². The van der Waals surface area contributed by atoms with Crippen molar-refractivity contribution in [2.75, 3.05) is 13.1 Å². The fraction of sp³-hybridized carbons (Fsp3) is 0.652. The minimum atomic E-state index is 0.224. The number of aromatic hydroxyl groups is 1. The van der Waals surface area contributed by atoms with E-state index in [9.17, 15) is 5.11 Å². The van der Waals surface area contributed by atoms with Gasteiger partial charge in [-0.05, 0) is 86.1 Å². The first-order valence-electron chi connectivity index (χ1n) is 10.3. The zero-order chi connectivity index (χ0) is 17.2. The molecular weight excluding hydrogens is 306 g/mol. The maximum atomic E-state index is 10.2. The summed E-state index contributed by atoms with van der Waals surface area (Å²) in [6.45, 7) is 9.41. The Morgan fingerprint density at radius 2 is 2.12 bits per heavy atom. The van der Waals surface area contributed by atoms with Gasteiger partial charge in [-0.1, -0.05) is 31.6 Å². The number of benzene rings is 1.